The quantitative estimate of drug-likeness (QED) is 0.430. The Morgan fingerprint density at radius 3 is 2.83 bits per heavy atom. The summed E-state index contributed by atoms with van der Waals surface area (Å²) in [6.45, 7) is 5.20. The highest BCUT2D eigenvalue weighted by Crippen LogP contribution is 2.33. The molecule has 0 aliphatic rings. The molecular formula is C19H18N4O4S2. The second kappa shape index (κ2) is 7.88. The molecule has 0 N–H and O–H groups in total. The van der Waals surface area contributed by atoms with Gasteiger partial charge in [0.25, 0.3) is 11.4 Å². The molecule has 10 heteroatoms. The van der Waals surface area contributed by atoms with Gasteiger partial charge in [0, 0.05) is 21.7 Å². The minimum atomic E-state index is -0.575. The zero-order chi connectivity index (χ0) is 20.5. The summed E-state index contributed by atoms with van der Waals surface area (Å²) in [4.78, 5) is 35.7. The van der Waals surface area contributed by atoms with Crippen molar-refractivity contribution in [1.82, 2.24) is 19.7 Å². The highest BCUT2D eigenvalue weighted by molar-refractivity contribution is 7.18. The molecule has 0 aliphatic heterocycles. The zero-order valence-corrected chi connectivity index (χ0v) is 17.7. The minimum Gasteiger partial charge on any atom is -0.454 e. The van der Waals surface area contributed by atoms with Gasteiger partial charge in [0.1, 0.15) is 17.2 Å². The van der Waals surface area contributed by atoms with Crippen molar-refractivity contribution in [3.8, 4) is 10.4 Å². The molecular weight excluding hydrogens is 412 g/mol. The number of aryl methyl sites for hydroxylation is 1. The van der Waals surface area contributed by atoms with Crippen molar-refractivity contribution < 1.29 is 14.1 Å². The maximum atomic E-state index is 13.1. The molecule has 4 aromatic heterocycles. The SMILES string of the molecule is Cc1nc2scc(-c3cccs3)c2c(=O)n1CC(=O)OCc1nc(C(C)C)no1. The first-order valence-corrected chi connectivity index (χ1v) is 10.7. The van der Waals surface area contributed by atoms with Crippen molar-refractivity contribution in [3.63, 3.8) is 0 Å². The van der Waals surface area contributed by atoms with E-state index in [1.807, 2.05) is 36.7 Å². The molecule has 0 saturated carbocycles. The number of thiophene rings is 2. The van der Waals surface area contributed by atoms with Crippen LogP contribution in [0.1, 0.15) is 37.3 Å². The molecule has 0 aliphatic carbocycles. The topological polar surface area (TPSA) is 100 Å². The van der Waals surface area contributed by atoms with Crippen LogP contribution in [0.3, 0.4) is 0 Å². The van der Waals surface area contributed by atoms with E-state index in [9.17, 15) is 9.59 Å². The van der Waals surface area contributed by atoms with Gasteiger partial charge in [0.15, 0.2) is 12.4 Å². The zero-order valence-electron chi connectivity index (χ0n) is 16.0. The molecule has 0 atom stereocenters. The van der Waals surface area contributed by atoms with E-state index in [0.717, 1.165) is 10.4 Å². The van der Waals surface area contributed by atoms with Gasteiger partial charge in [-0.25, -0.2) is 4.98 Å². The summed E-state index contributed by atoms with van der Waals surface area (Å²) in [7, 11) is 0. The Hall–Kier alpha value is -2.85. The number of fused-ring (bicyclic) bond motifs is 1. The number of carbonyl (C=O) groups is 1. The normalized spacial score (nSPS) is 11.4. The molecule has 0 aromatic carbocycles. The van der Waals surface area contributed by atoms with E-state index in [2.05, 4.69) is 15.1 Å². The molecule has 0 spiro atoms. The van der Waals surface area contributed by atoms with Gasteiger partial charge in [-0.3, -0.25) is 14.2 Å². The van der Waals surface area contributed by atoms with Gasteiger partial charge in [-0.05, 0) is 18.4 Å². The summed E-state index contributed by atoms with van der Waals surface area (Å²) < 4.78 is 11.6. The molecule has 4 rings (SSSR count). The van der Waals surface area contributed by atoms with Crippen LogP contribution >= 0.6 is 22.7 Å². The number of aromatic nitrogens is 4. The molecule has 4 heterocycles. The minimum absolute atomic E-state index is 0.116. The van der Waals surface area contributed by atoms with Gasteiger partial charge in [0.2, 0.25) is 0 Å². The van der Waals surface area contributed by atoms with Crippen LogP contribution < -0.4 is 5.56 Å². The van der Waals surface area contributed by atoms with E-state index in [1.165, 1.54) is 15.9 Å². The third-order valence-electron chi connectivity index (χ3n) is 4.32. The average molecular weight is 431 g/mol. The summed E-state index contributed by atoms with van der Waals surface area (Å²) in [5, 5.41) is 8.23. The van der Waals surface area contributed by atoms with E-state index < -0.39 is 5.97 Å². The molecule has 29 heavy (non-hydrogen) atoms. The molecule has 0 unspecified atom stereocenters. The first kappa shape index (κ1) is 19.5. The fourth-order valence-electron chi connectivity index (χ4n) is 2.80. The van der Waals surface area contributed by atoms with Crippen LogP contribution in [0.15, 0.2) is 32.2 Å². The Bertz CT molecular complexity index is 1220. The van der Waals surface area contributed by atoms with Gasteiger partial charge in [0.05, 0.1) is 5.39 Å². The lowest BCUT2D eigenvalue weighted by atomic mass is 10.2. The Kier molecular flexibility index (Phi) is 5.29. The number of esters is 1. The number of nitrogens with zero attached hydrogens (tertiary/aromatic N) is 4. The second-order valence-electron chi connectivity index (χ2n) is 6.72. The lowest BCUT2D eigenvalue weighted by molar-refractivity contribution is -0.146. The summed E-state index contributed by atoms with van der Waals surface area (Å²) >= 11 is 2.97. The molecule has 0 fully saturated rings. The van der Waals surface area contributed by atoms with Gasteiger partial charge < -0.3 is 9.26 Å². The van der Waals surface area contributed by atoms with E-state index in [-0.39, 0.29) is 30.5 Å². The Balaban J connectivity index is 1.56. The summed E-state index contributed by atoms with van der Waals surface area (Å²) in [6, 6.07) is 3.89. The first-order valence-electron chi connectivity index (χ1n) is 8.94. The van der Waals surface area contributed by atoms with Crippen molar-refractivity contribution in [2.45, 2.75) is 39.8 Å². The fourth-order valence-corrected chi connectivity index (χ4v) is 4.60. The van der Waals surface area contributed by atoms with Gasteiger partial charge in [-0.15, -0.1) is 22.7 Å². The largest absolute Gasteiger partial charge is 0.454 e. The predicted molar refractivity (Wildman–Crippen MR) is 110 cm³/mol. The van der Waals surface area contributed by atoms with Gasteiger partial charge >= 0.3 is 5.97 Å². The van der Waals surface area contributed by atoms with Crippen molar-refractivity contribution in [2.75, 3.05) is 0 Å². The smallest absolute Gasteiger partial charge is 0.326 e. The number of rotatable bonds is 6. The molecule has 0 radical (unpaired) electrons. The van der Waals surface area contributed by atoms with Crippen LogP contribution in [0.5, 0.6) is 0 Å². The van der Waals surface area contributed by atoms with Crippen LogP contribution in [-0.2, 0) is 22.7 Å². The maximum absolute atomic E-state index is 13.1. The molecule has 0 bridgehead atoms. The van der Waals surface area contributed by atoms with Gasteiger partial charge in [-0.2, -0.15) is 4.98 Å². The van der Waals surface area contributed by atoms with Gasteiger partial charge in [-0.1, -0.05) is 25.1 Å². The highest BCUT2D eigenvalue weighted by atomic mass is 32.1. The van der Waals surface area contributed by atoms with Crippen molar-refractivity contribution >= 4 is 38.9 Å². The molecule has 0 amide bonds. The molecule has 4 aromatic rings. The fraction of sp³-hybridized carbons (Fsp3) is 0.316. The standard InChI is InChI=1S/C19H18N4O4S2/c1-10(2)17-21-14(27-22-17)8-26-15(24)7-23-11(3)20-18-16(19(23)25)12(9-29-18)13-5-4-6-28-13/h4-6,9-10H,7-8H2,1-3H3. The highest BCUT2D eigenvalue weighted by Gasteiger charge is 2.18. The monoisotopic (exact) mass is 430 g/mol. The second-order valence-corrected chi connectivity index (χ2v) is 8.52. The third kappa shape index (κ3) is 3.85. The molecule has 150 valence electrons. The van der Waals surface area contributed by atoms with Crippen LogP contribution in [0.25, 0.3) is 20.7 Å². The number of hydrogen-bond acceptors (Lipinski definition) is 9. The first-order chi connectivity index (χ1) is 13.9. The summed E-state index contributed by atoms with van der Waals surface area (Å²) in [6.07, 6.45) is 0. The number of ether oxygens (including phenoxy) is 1. The number of hydrogen-bond donors (Lipinski definition) is 0. The lowest BCUT2D eigenvalue weighted by Crippen LogP contribution is -2.28. The Labute approximate surface area is 173 Å². The summed E-state index contributed by atoms with van der Waals surface area (Å²) in [5.41, 5.74) is 0.584. The number of carbonyl (C=O) groups excluding carboxylic acids is 1. The van der Waals surface area contributed by atoms with E-state index in [0.29, 0.717) is 21.9 Å². The van der Waals surface area contributed by atoms with Crippen LogP contribution in [0, 0.1) is 6.92 Å². The molecule has 8 nitrogen and oxygen atoms in total. The Morgan fingerprint density at radius 1 is 1.31 bits per heavy atom. The lowest BCUT2D eigenvalue weighted by Gasteiger charge is -2.09. The van der Waals surface area contributed by atoms with Crippen LogP contribution in [0.4, 0.5) is 0 Å². The van der Waals surface area contributed by atoms with E-state index in [1.54, 1.807) is 18.3 Å². The van der Waals surface area contributed by atoms with Crippen LogP contribution in [0.2, 0.25) is 0 Å². The predicted octanol–water partition coefficient (Wildman–Crippen LogP) is 3.74. The van der Waals surface area contributed by atoms with Crippen molar-refractivity contribution in [3.05, 3.63) is 50.8 Å². The Morgan fingerprint density at radius 2 is 2.14 bits per heavy atom. The van der Waals surface area contributed by atoms with E-state index in [4.69, 9.17) is 9.26 Å². The average Bonchev–Trinajstić information content (AvgIpc) is 3.43. The molecule has 0 saturated heterocycles. The third-order valence-corrected chi connectivity index (χ3v) is 6.09. The van der Waals surface area contributed by atoms with Crippen molar-refractivity contribution in [2.24, 2.45) is 0 Å². The summed E-state index contributed by atoms with van der Waals surface area (Å²) in [5.74, 6) is 0.770. The maximum Gasteiger partial charge on any atom is 0.326 e. The van der Waals surface area contributed by atoms with Crippen molar-refractivity contribution in [1.29, 1.82) is 0 Å². The van der Waals surface area contributed by atoms with E-state index >= 15 is 0 Å². The van der Waals surface area contributed by atoms with Crippen LogP contribution in [-0.4, -0.2) is 25.7 Å².